The van der Waals surface area contributed by atoms with Crippen molar-refractivity contribution >= 4 is 17.7 Å². The lowest BCUT2D eigenvalue weighted by molar-refractivity contribution is -0.118. The van der Waals surface area contributed by atoms with Gasteiger partial charge in [0.2, 0.25) is 5.91 Å². The van der Waals surface area contributed by atoms with Crippen molar-refractivity contribution in [2.75, 3.05) is 5.75 Å². The van der Waals surface area contributed by atoms with E-state index < -0.39 is 11.9 Å². The zero-order chi connectivity index (χ0) is 10.6. The standard InChI is InChI=1S/C8H12N4OS/c1-5-2-11-8(12-3-5)14-4-6(9)7(10)13/h2-3,6H,4,9H2,1H3,(H2,10,13). The van der Waals surface area contributed by atoms with Crippen molar-refractivity contribution in [3.05, 3.63) is 18.0 Å². The van der Waals surface area contributed by atoms with Gasteiger partial charge in [-0.1, -0.05) is 11.8 Å². The van der Waals surface area contributed by atoms with E-state index in [0.717, 1.165) is 5.56 Å². The third-order valence-corrected chi connectivity index (χ3v) is 2.51. The Morgan fingerprint density at radius 2 is 2.14 bits per heavy atom. The second-order valence-electron chi connectivity index (χ2n) is 2.86. The average Bonchev–Trinajstić information content (AvgIpc) is 2.16. The maximum atomic E-state index is 10.6. The Bertz CT molecular complexity index is 314. The molecular formula is C8H12N4OS. The topological polar surface area (TPSA) is 94.9 Å². The van der Waals surface area contributed by atoms with Gasteiger partial charge in [0.05, 0.1) is 6.04 Å². The average molecular weight is 212 g/mol. The number of carbonyl (C=O) groups is 1. The summed E-state index contributed by atoms with van der Waals surface area (Å²) in [6.45, 7) is 1.91. The highest BCUT2D eigenvalue weighted by Crippen LogP contribution is 2.12. The molecule has 0 aliphatic heterocycles. The van der Waals surface area contributed by atoms with E-state index >= 15 is 0 Å². The van der Waals surface area contributed by atoms with Crippen LogP contribution in [0.3, 0.4) is 0 Å². The molecule has 0 saturated carbocycles. The summed E-state index contributed by atoms with van der Waals surface area (Å²) in [5.74, 6) is -0.108. The number of aromatic nitrogens is 2. The zero-order valence-corrected chi connectivity index (χ0v) is 8.62. The zero-order valence-electron chi connectivity index (χ0n) is 7.80. The van der Waals surface area contributed by atoms with E-state index in [0.29, 0.717) is 10.9 Å². The molecule has 0 aliphatic carbocycles. The third-order valence-electron chi connectivity index (χ3n) is 1.51. The highest BCUT2D eigenvalue weighted by atomic mass is 32.2. The Morgan fingerprint density at radius 1 is 1.57 bits per heavy atom. The number of primary amides is 1. The van der Waals surface area contributed by atoms with Crippen LogP contribution in [0.25, 0.3) is 0 Å². The van der Waals surface area contributed by atoms with Gasteiger partial charge in [0, 0.05) is 18.1 Å². The molecule has 5 nitrogen and oxygen atoms in total. The van der Waals surface area contributed by atoms with Gasteiger partial charge < -0.3 is 11.5 Å². The Kier molecular flexibility index (Phi) is 3.84. The molecule has 0 aliphatic rings. The van der Waals surface area contributed by atoms with Gasteiger partial charge in [-0.15, -0.1) is 0 Å². The molecule has 0 saturated heterocycles. The summed E-state index contributed by atoms with van der Waals surface area (Å²) >= 11 is 1.32. The summed E-state index contributed by atoms with van der Waals surface area (Å²) in [7, 11) is 0. The molecule has 14 heavy (non-hydrogen) atoms. The van der Waals surface area contributed by atoms with Gasteiger partial charge in [0.1, 0.15) is 0 Å². The predicted molar refractivity (Wildman–Crippen MR) is 54.7 cm³/mol. The molecule has 0 fully saturated rings. The highest BCUT2D eigenvalue weighted by Gasteiger charge is 2.10. The van der Waals surface area contributed by atoms with Crippen molar-refractivity contribution in [2.45, 2.75) is 18.1 Å². The molecule has 1 amide bonds. The van der Waals surface area contributed by atoms with Crippen molar-refractivity contribution in [1.82, 2.24) is 9.97 Å². The molecule has 0 spiro atoms. The number of nitrogens with zero attached hydrogens (tertiary/aromatic N) is 2. The number of nitrogens with two attached hydrogens (primary N) is 2. The molecule has 1 unspecified atom stereocenters. The number of hydrogen-bond acceptors (Lipinski definition) is 5. The maximum Gasteiger partial charge on any atom is 0.235 e. The molecule has 1 aromatic rings. The van der Waals surface area contributed by atoms with Crippen molar-refractivity contribution in [3.8, 4) is 0 Å². The van der Waals surface area contributed by atoms with Crippen LogP contribution < -0.4 is 11.5 Å². The first-order valence-electron chi connectivity index (χ1n) is 4.06. The number of carbonyl (C=O) groups excluding carboxylic acids is 1. The second kappa shape index (κ2) is 4.92. The molecule has 4 N–H and O–H groups in total. The van der Waals surface area contributed by atoms with Crippen LogP contribution in [0.4, 0.5) is 0 Å². The molecule has 1 heterocycles. The first-order chi connectivity index (χ1) is 6.59. The first kappa shape index (κ1) is 10.9. The molecule has 0 aromatic carbocycles. The number of hydrogen-bond donors (Lipinski definition) is 2. The van der Waals surface area contributed by atoms with Gasteiger partial charge in [0.25, 0.3) is 0 Å². The monoisotopic (exact) mass is 212 g/mol. The Hall–Kier alpha value is -1.14. The summed E-state index contributed by atoms with van der Waals surface area (Å²) < 4.78 is 0. The normalized spacial score (nSPS) is 12.4. The fourth-order valence-electron chi connectivity index (χ4n) is 0.702. The van der Waals surface area contributed by atoms with Crippen LogP contribution >= 0.6 is 11.8 Å². The molecular weight excluding hydrogens is 200 g/mol. The van der Waals surface area contributed by atoms with Crippen LogP contribution in [-0.2, 0) is 4.79 Å². The number of rotatable bonds is 4. The maximum absolute atomic E-state index is 10.6. The van der Waals surface area contributed by atoms with E-state index in [2.05, 4.69) is 9.97 Å². The third kappa shape index (κ3) is 3.31. The van der Waals surface area contributed by atoms with Crippen LogP contribution in [0.15, 0.2) is 17.6 Å². The van der Waals surface area contributed by atoms with Crippen molar-refractivity contribution < 1.29 is 4.79 Å². The Morgan fingerprint density at radius 3 is 2.64 bits per heavy atom. The van der Waals surface area contributed by atoms with Crippen LogP contribution in [0.1, 0.15) is 5.56 Å². The fourth-order valence-corrected chi connectivity index (χ4v) is 1.45. The molecule has 1 atom stereocenters. The summed E-state index contributed by atoms with van der Waals surface area (Å²) in [5.41, 5.74) is 11.4. The van der Waals surface area contributed by atoms with Gasteiger partial charge in [-0.25, -0.2) is 9.97 Å². The van der Waals surface area contributed by atoms with Gasteiger partial charge in [0.15, 0.2) is 5.16 Å². The first-order valence-corrected chi connectivity index (χ1v) is 5.04. The molecule has 76 valence electrons. The second-order valence-corrected chi connectivity index (χ2v) is 3.85. The molecule has 0 bridgehead atoms. The minimum atomic E-state index is -0.648. The molecule has 6 heteroatoms. The van der Waals surface area contributed by atoms with E-state index in [4.69, 9.17) is 11.5 Å². The largest absolute Gasteiger partial charge is 0.368 e. The summed E-state index contributed by atoms with van der Waals surface area (Å²) in [6.07, 6.45) is 3.43. The summed E-state index contributed by atoms with van der Waals surface area (Å²) in [5, 5.41) is 0.604. The Balaban J connectivity index is 2.46. The van der Waals surface area contributed by atoms with Crippen molar-refractivity contribution in [1.29, 1.82) is 0 Å². The molecule has 0 radical (unpaired) electrons. The van der Waals surface area contributed by atoms with E-state index in [9.17, 15) is 4.79 Å². The van der Waals surface area contributed by atoms with Gasteiger partial charge in [-0.05, 0) is 12.5 Å². The quantitative estimate of drug-likeness (QED) is 0.527. The smallest absolute Gasteiger partial charge is 0.235 e. The Labute approximate surface area is 86.3 Å². The SMILES string of the molecule is Cc1cnc(SCC(N)C(N)=O)nc1. The van der Waals surface area contributed by atoms with Crippen molar-refractivity contribution in [3.63, 3.8) is 0 Å². The van der Waals surface area contributed by atoms with Crippen molar-refractivity contribution in [2.24, 2.45) is 11.5 Å². The van der Waals surface area contributed by atoms with E-state index in [1.807, 2.05) is 6.92 Å². The van der Waals surface area contributed by atoms with Crippen LogP contribution in [0.5, 0.6) is 0 Å². The number of thioether (sulfide) groups is 1. The highest BCUT2D eigenvalue weighted by molar-refractivity contribution is 7.99. The minimum Gasteiger partial charge on any atom is -0.368 e. The van der Waals surface area contributed by atoms with E-state index in [1.165, 1.54) is 11.8 Å². The predicted octanol–water partition coefficient (Wildman–Crippen LogP) is -0.310. The lowest BCUT2D eigenvalue weighted by atomic mass is 10.3. The molecule has 1 aromatic heterocycles. The number of aryl methyl sites for hydroxylation is 1. The minimum absolute atomic E-state index is 0.401. The van der Waals surface area contributed by atoms with E-state index in [-0.39, 0.29) is 0 Å². The number of amides is 1. The lowest BCUT2D eigenvalue weighted by Gasteiger charge is -2.05. The van der Waals surface area contributed by atoms with Crippen LogP contribution in [0, 0.1) is 6.92 Å². The van der Waals surface area contributed by atoms with Gasteiger partial charge in [-0.2, -0.15) is 0 Å². The fraction of sp³-hybridized carbons (Fsp3) is 0.375. The van der Waals surface area contributed by atoms with Crippen LogP contribution in [0.2, 0.25) is 0 Å². The van der Waals surface area contributed by atoms with Crippen LogP contribution in [-0.4, -0.2) is 27.7 Å². The van der Waals surface area contributed by atoms with Gasteiger partial charge >= 0.3 is 0 Å². The summed E-state index contributed by atoms with van der Waals surface area (Å²) in [4.78, 5) is 18.7. The van der Waals surface area contributed by atoms with E-state index in [1.54, 1.807) is 12.4 Å². The lowest BCUT2D eigenvalue weighted by Crippen LogP contribution is -2.38. The molecule has 1 rings (SSSR count). The van der Waals surface area contributed by atoms with Gasteiger partial charge in [-0.3, -0.25) is 4.79 Å². The summed E-state index contributed by atoms with van der Waals surface area (Å²) in [6, 6.07) is -0.648.